The van der Waals surface area contributed by atoms with Gasteiger partial charge in [-0.15, -0.1) is 0 Å². The second-order valence-corrected chi connectivity index (χ2v) is 9.19. The van der Waals surface area contributed by atoms with Gasteiger partial charge >= 0.3 is 5.97 Å². The van der Waals surface area contributed by atoms with Crippen LogP contribution in [0, 0.1) is 6.92 Å². The van der Waals surface area contributed by atoms with Crippen molar-refractivity contribution in [3.63, 3.8) is 0 Å². The normalized spacial score (nSPS) is 12.8. The van der Waals surface area contributed by atoms with Gasteiger partial charge in [0.2, 0.25) is 0 Å². The molecule has 0 bridgehead atoms. The van der Waals surface area contributed by atoms with Gasteiger partial charge in [0.1, 0.15) is 5.41 Å². The first-order chi connectivity index (χ1) is 16.4. The molecule has 34 heavy (non-hydrogen) atoms. The number of amides is 1. The lowest BCUT2D eigenvalue weighted by molar-refractivity contribution is -0.143. The zero-order valence-corrected chi connectivity index (χ0v) is 20.6. The lowest BCUT2D eigenvalue weighted by Gasteiger charge is -2.29. The summed E-state index contributed by atoms with van der Waals surface area (Å²) in [5.74, 6) is -1.29. The predicted molar refractivity (Wildman–Crippen MR) is 138 cm³/mol. The van der Waals surface area contributed by atoms with Crippen LogP contribution in [0.3, 0.4) is 0 Å². The molecule has 1 atom stereocenters. The molecule has 172 valence electrons. The van der Waals surface area contributed by atoms with Crippen molar-refractivity contribution < 1.29 is 14.7 Å². The third kappa shape index (κ3) is 4.33. The van der Waals surface area contributed by atoms with Gasteiger partial charge in [0.25, 0.3) is 5.91 Å². The van der Waals surface area contributed by atoms with Crippen LogP contribution < -0.4 is 5.32 Å². The molecule has 0 saturated carbocycles. The second kappa shape index (κ2) is 9.77. The first-order valence-corrected chi connectivity index (χ1v) is 11.9. The Morgan fingerprint density at radius 1 is 1.00 bits per heavy atom. The van der Waals surface area contributed by atoms with Gasteiger partial charge in [0.05, 0.1) is 16.8 Å². The fourth-order valence-corrected chi connectivity index (χ4v) is 4.72. The van der Waals surface area contributed by atoms with Crippen LogP contribution in [0.5, 0.6) is 0 Å². The summed E-state index contributed by atoms with van der Waals surface area (Å²) in [7, 11) is 0. The molecular formula is C28H25BrN2O3. The molecule has 1 amide bonds. The topological polar surface area (TPSA) is 79.3 Å². The maximum absolute atomic E-state index is 13.6. The third-order valence-corrected chi connectivity index (χ3v) is 6.85. The predicted octanol–water partition coefficient (Wildman–Crippen LogP) is 6.14. The quantitative estimate of drug-likeness (QED) is 0.309. The fourth-order valence-electron chi connectivity index (χ4n) is 4.36. The molecule has 0 fully saturated rings. The molecule has 0 aliphatic carbocycles. The van der Waals surface area contributed by atoms with Crippen molar-refractivity contribution in [2.75, 3.05) is 6.54 Å². The number of carboxylic acids is 1. The minimum absolute atomic E-state index is 0.0282. The maximum Gasteiger partial charge on any atom is 0.315 e. The number of nitrogens with one attached hydrogen (secondary N) is 1. The van der Waals surface area contributed by atoms with E-state index < -0.39 is 11.4 Å². The second-order valence-electron chi connectivity index (χ2n) is 8.28. The van der Waals surface area contributed by atoms with Crippen molar-refractivity contribution in [1.82, 2.24) is 10.3 Å². The van der Waals surface area contributed by atoms with E-state index in [1.165, 1.54) is 0 Å². The van der Waals surface area contributed by atoms with Gasteiger partial charge in [-0.25, -0.2) is 4.98 Å². The van der Waals surface area contributed by atoms with Gasteiger partial charge in [-0.05, 0) is 42.7 Å². The van der Waals surface area contributed by atoms with Crippen LogP contribution in [-0.4, -0.2) is 28.5 Å². The zero-order valence-electron chi connectivity index (χ0n) is 19.0. The zero-order chi connectivity index (χ0) is 24.3. The van der Waals surface area contributed by atoms with E-state index in [0.29, 0.717) is 28.5 Å². The lowest BCUT2D eigenvalue weighted by Crippen LogP contribution is -2.46. The fraction of sp³-hybridized carbons (Fsp3) is 0.179. The summed E-state index contributed by atoms with van der Waals surface area (Å²) >= 11 is 3.50. The van der Waals surface area contributed by atoms with E-state index in [4.69, 9.17) is 4.98 Å². The smallest absolute Gasteiger partial charge is 0.315 e. The van der Waals surface area contributed by atoms with Crippen molar-refractivity contribution in [1.29, 1.82) is 0 Å². The summed E-state index contributed by atoms with van der Waals surface area (Å²) in [6.07, 6.45) is 0.337. The standard InChI is InChI=1S/C28H25BrN2O3/c1-3-28(27(33)34,20-12-8-5-9-13-20)17-30-26(32)24-18(2)25(19-10-6-4-7-11-19)31-23-15-14-21(29)16-22(23)24/h4-16H,3,17H2,1-2H3,(H,30,32)(H,33,34). The molecule has 1 heterocycles. The van der Waals surface area contributed by atoms with Crippen LogP contribution in [0.1, 0.15) is 34.8 Å². The van der Waals surface area contributed by atoms with Crippen LogP contribution in [0.15, 0.2) is 83.3 Å². The number of aromatic nitrogens is 1. The van der Waals surface area contributed by atoms with Crippen molar-refractivity contribution in [3.05, 3.63) is 100 Å². The Morgan fingerprint density at radius 3 is 2.26 bits per heavy atom. The molecule has 4 rings (SSSR count). The summed E-state index contributed by atoms with van der Waals surface area (Å²) < 4.78 is 0.834. The Kier molecular flexibility index (Phi) is 6.80. The molecule has 0 aliphatic rings. The number of carboxylic acid groups (broad SMARTS) is 1. The van der Waals surface area contributed by atoms with E-state index in [1.807, 2.05) is 80.6 Å². The number of carbonyl (C=O) groups is 2. The van der Waals surface area contributed by atoms with Crippen molar-refractivity contribution in [2.24, 2.45) is 0 Å². The van der Waals surface area contributed by atoms with Crippen molar-refractivity contribution in [2.45, 2.75) is 25.7 Å². The monoisotopic (exact) mass is 516 g/mol. The first kappa shape index (κ1) is 23.6. The molecular weight excluding hydrogens is 492 g/mol. The van der Waals surface area contributed by atoms with E-state index in [1.54, 1.807) is 12.1 Å². The van der Waals surface area contributed by atoms with E-state index in [2.05, 4.69) is 21.2 Å². The molecule has 1 unspecified atom stereocenters. The highest BCUT2D eigenvalue weighted by Gasteiger charge is 2.39. The number of hydrogen-bond acceptors (Lipinski definition) is 3. The highest BCUT2D eigenvalue weighted by atomic mass is 79.9. The molecule has 0 saturated heterocycles. The summed E-state index contributed by atoms with van der Waals surface area (Å²) in [4.78, 5) is 30.9. The average molecular weight is 517 g/mol. The Labute approximate surface area is 207 Å². The van der Waals surface area contributed by atoms with Crippen LogP contribution in [0.25, 0.3) is 22.2 Å². The molecule has 0 radical (unpaired) electrons. The molecule has 0 aliphatic heterocycles. The van der Waals surface area contributed by atoms with Crippen LogP contribution in [0.2, 0.25) is 0 Å². The van der Waals surface area contributed by atoms with Crippen molar-refractivity contribution in [3.8, 4) is 11.3 Å². The van der Waals surface area contributed by atoms with Crippen LogP contribution >= 0.6 is 15.9 Å². The Balaban J connectivity index is 1.80. The van der Waals surface area contributed by atoms with E-state index in [9.17, 15) is 14.7 Å². The van der Waals surface area contributed by atoms with Crippen LogP contribution in [-0.2, 0) is 10.2 Å². The lowest BCUT2D eigenvalue weighted by atomic mass is 9.78. The maximum atomic E-state index is 13.6. The molecule has 0 spiro atoms. The number of pyridine rings is 1. The largest absolute Gasteiger partial charge is 0.481 e. The molecule has 2 N–H and O–H groups in total. The third-order valence-electron chi connectivity index (χ3n) is 6.35. The van der Waals surface area contributed by atoms with Gasteiger partial charge in [0, 0.05) is 22.0 Å². The molecule has 6 heteroatoms. The number of hydrogen-bond donors (Lipinski definition) is 2. The molecule has 3 aromatic carbocycles. The van der Waals surface area contributed by atoms with E-state index >= 15 is 0 Å². The molecule has 5 nitrogen and oxygen atoms in total. The Morgan fingerprint density at radius 2 is 1.65 bits per heavy atom. The van der Waals surface area contributed by atoms with Crippen molar-refractivity contribution >= 4 is 38.7 Å². The highest BCUT2D eigenvalue weighted by molar-refractivity contribution is 9.10. The van der Waals surface area contributed by atoms with E-state index in [0.717, 1.165) is 21.3 Å². The van der Waals surface area contributed by atoms with E-state index in [-0.39, 0.29) is 12.5 Å². The highest BCUT2D eigenvalue weighted by Crippen LogP contribution is 2.32. The van der Waals surface area contributed by atoms with Gasteiger partial charge < -0.3 is 10.4 Å². The van der Waals surface area contributed by atoms with Crippen LogP contribution in [0.4, 0.5) is 0 Å². The minimum atomic E-state index is -1.23. The minimum Gasteiger partial charge on any atom is -0.481 e. The van der Waals surface area contributed by atoms with Gasteiger partial charge in [-0.1, -0.05) is 83.5 Å². The van der Waals surface area contributed by atoms with Gasteiger partial charge in [0.15, 0.2) is 0 Å². The molecule has 4 aromatic rings. The average Bonchev–Trinajstić information content (AvgIpc) is 2.85. The number of rotatable bonds is 7. The summed E-state index contributed by atoms with van der Waals surface area (Å²) in [5.41, 5.74) is 3.01. The first-order valence-electron chi connectivity index (χ1n) is 11.1. The number of carbonyl (C=O) groups excluding carboxylic acids is 1. The number of benzene rings is 3. The van der Waals surface area contributed by atoms with Gasteiger partial charge in [-0.3, -0.25) is 9.59 Å². The van der Waals surface area contributed by atoms with Gasteiger partial charge in [-0.2, -0.15) is 0 Å². The number of fused-ring (bicyclic) bond motifs is 1. The number of aliphatic carboxylic acids is 1. The summed E-state index contributed by atoms with van der Waals surface area (Å²) in [5, 5.41) is 13.8. The summed E-state index contributed by atoms with van der Waals surface area (Å²) in [6, 6.07) is 24.4. The summed E-state index contributed by atoms with van der Waals surface area (Å²) in [6.45, 7) is 3.68. The SMILES string of the molecule is CCC(CNC(=O)c1c(C)c(-c2ccccc2)nc2ccc(Br)cc12)(C(=O)O)c1ccccc1. The Bertz CT molecular complexity index is 1360. The number of halogens is 1. The molecule has 1 aromatic heterocycles. The Hall–Kier alpha value is -3.51. The number of nitrogens with zero attached hydrogens (tertiary/aromatic N) is 1.